The van der Waals surface area contributed by atoms with Crippen LogP contribution >= 0.6 is 7.60 Å². The van der Waals surface area contributed by atoms with E-state index in [0.29, 0.717) is 19.8 Å². The van der Waals surface area contributed by atoms with Gasteiger partial charge in [-0.05, 0) is 54.3 Å². The molecule has 2 heterocycles. The first-order valence-electron chi connectivity index (χ1n) is 9.67. The second-order valence-electron chi connectivity index (χ2n) is 6.38. The van der Waals surface area contributed by atoms with Crippen molar-refractivity contribution in [3.05, 3.63) is 84.4 Å². The number of hydrogen-bond donors (Lipinski definition) is 1. The summed E-state index contributed by atoms with van der Waals surface area (Å²) in [6.07, 6.45) is 7.03. The minimum Gasteiger partial charge on any atom is -0.308 e. The Balaban J connectivity index is 1.90. The lowest BCUT2D eigenvalue weighted by molar-refractivity contribution is 0.207. The molecule has 0 saturated heterocycles. The quantitative estimate of drug-likeness (QED) is 0.463. The van der Waals surface area contributed by atoms with E-state index in [1.54, 1.807) is 24.8 Å². The molecule has 0 radical (unpaired) electrons. The van der Waals surface area contributed by atoms with Crippen molar-refractivity contribution in [2.45, 2.75) is 26.2 Å². The van der Waals surface area contributed by atoms with E-state index in [-0.39, 0.29) is 0 Å². The monoisotopic (exact) mass is 411 g/mol. The van der Waals surface area contributed by atoms with Crippen molar-refractivity contribution in [3.8, 4) is 11.1 Å². The lowest BCUT2D eigenvalue weighted by Crippen LogP contribution is -2.23. The van der Waals surface area contributed by atoms with Gasteiger partial charge in [-0.3, -0.25) is 19.8 Å². The van der Waals surface area contributed by atoms with Gasteiger partial charge < -0.3 is 9.05 Å². The van der Waals surface area contributed by atoms with Gasteiger partial charge in [0.1, 0.15) is 5.78 Å². The van der Waals surface area contributed by atoms with Gasteiger partial charge >= 0.3 is 7.60 Å². The van der Waals surface area contributed by atoms with Crippen LogP contribution in [-0.4, -0.2) is 23.2 Å². The molecule has 0 aliphatic carbocycles. The molecule has 0 aliphatic rings. The number of benzene rings is 1. The Morgan fingerprint density at radius 2 is 1.55 bits per heavy atom. The minimum absolute atomic E-state index is 0.303. The minimum atomic E-state index is -3.42. The largest absolute Gasteiger partial charge is 0.351 e. The van der Waals surface area contributed by atoms with Crippen LogP contribution in [0, 0.1) is 0 Å². The van der Waals surface area contributed by atoms with Crippen LogP contribution in [0.15, 0.2) is 73.3 Å². The molecule has 1 atom stereocenters. The highest BCUT2D eigenvalue weighted by molar-refractivity contribution is 7.54. The van der Waals surface area contributed by atoms with E-state index < -0.39 is 13.4 Å². The van der Waals surface area contributed by atoms with Crippen molar-refractivity contribution in [3.63, 3.8) is 0 Å². The van der Waals surface area contributed by atoms with E-state index in [1.807, 2.05) is 62.4 Å². The van der Waals surface area contributed by atoms with E-state index in [2.05, 4.69) is 15.3 Å². The molecule has 0 saturated carbocycles. The van der Waals surface area contributed by atoms with E-state index in [0.717, 1.165) is 22.3 Å². The number of pyridine rings is 2. The van der Waals surface area contributed by atoms with Crippen molar-refractivity contribution in [1.29, 1.82) is 0 Å². The van der Waals surface area contributed by atoms with Gasteiger partial charge in [-0.2, -0.15) is 0 Å². The standard InChI is InChI=1S/C22H26N3O3P/c1-3-27-29(26,28-4-2)22(25-17-18-6-5-13-24-16-18)21-9-7-19(8-10-21)20-11-14-23-15-12-20/h5-16,22,25H,3-4,17H2,1-2H3. The highest BCUT2D eigenvalue weighted by Gasteiger charge is 2.36. The fourth-order valence-electron chi connectivity index (χ4n) is 3.08. The van der Waals surface area contributed by atoms with Gasteiger partial charge in [-0.1, -0.05) is 30.3 Å². The van der Waals surface area contributed by atoms with Gasteiger partial charge in [-0.15, -0.1) is 0 Å². The summed E-state index contributed by atoms with van der Waals surface area (Å²) in [5, 5.41) is 3.36. The zero-order valence-electron chi connectivity index (χ0n) is 16.7. The first-order chi connectivity index (χ1) is 14.2. The fraction of sp³-hybridized carbons (Fsp3) is 0.273. The molecule has 2 aromatic heterocycles. The van der Waals surface area contributed by atoms with Gasteiger partial charge in [0, 0.05) is 31.3 Å². The van der Waals surface area contributed by atoms with Gasteiger partial charge in [0.25, 0.3) is 0 Å². The number of nitrogens with zero attached hydrogens (tertiary/aromatic N) is 2. The summed E-state index contributed by atoms with van der Waals surface area (Å²) >= 11 is 0. The molecule has 1 unspecified atom stereocenters. The maximum Gasteiger partial charge on any atom is 0.351 e. The molecule has 7 heteroatoms. The third-order valence-corrected chi connectivity index (χ3v) is 6.75. The number of rotatable bonds is 10. The fourth-order valence-corrected chi connectivity index (χ4v) is 5.02. The molecule has 3 rings (SSSR count). The predicted molar refractivity (Wildman–Crippen MR) is 114 cm³/mol. The maximum absolute atomic E-state index is 13.6. The molecular formula is C22H26N3O3P. The summed E-state index contributed by atoms with van der Waals surface area (Å²) in [6, 6.07) is 15.7. The van der Waals surface area contributed by atoms with Crippen molar-refractivity contribution in [2.24, 2.45) is 0 Å². The zero-order valence-corrected chi connectivity index (χ0v) is 17.6. The van der Waals surface area contributed by atoms with Gasteiger partial charge in [0.15, 0.2) is 0 Å². The number of aromatic nitrogens is 2. The SMILES string of the molecule is CCOP(=O)(OCC)C(NCc1cccnc1)c1ccc(-c2ccncc2)cc1. The van der Waals surface area contributed by atoms with Crippen LogP contribution in [-0.2, 0) is 20.2 Å². The first-order valence-corrected chi connectivity index (χ1v) is 11.3. The number of nitrogens with one attached hydrogen (secondary N) is 1. The lowest BCUT2D eigenvalue weighted by Gasteiger charge is -2.27. The van der Waals surface area contributed by atoms with E-state index in [9.17, 15) is 4.57 Å². The Bertz CT molecular complexity index is 911. The average Bonchev–Trinajstić information content (AvgIpc) is 2.76. The molecule has 3 aromatic rings. The predicted octanol–water partition coefficient (Wildman–Crippen LogP) is 5.20. The molecule has 1 aromatic carbocycles. The Morgan fingerprint density at radius 3 is 2.14 bits per heavy atom. The molecule has 0 aliphatic heterocycles. The smallest absolute Gasteiger partial charge is 0.308 e. The molecule has 0 bridgehead atoms. The Kier molecular flexibility index (Phi) is 7.67. The summed E-state index contributed by atoms with van der Waals surface area (Å²) in [6.45, 7) is 4.73. The normalized spacial score (nSPS) is 12.6. The van der Waals surface area contributed by atoms with Gasteiger partial charge in [0.2, 0.25) is 0 Å². The highest BCUT2D eigenvalue weighted by Crippen LogP contribution is 2.59. The summed E-state index contributed by atoms with van der Waals surface area (Å²) in [5.41, 5.74) is 3.97. The Hall–Kier alpha value is -2.37. The van der Waals surface area contributed by atoms with E-state index in [1.165, 1.54) is 0 Å². The average molecular weight is 411 g/mol. The molecule has 6 nitrogen and oxygen atoms in total. The Morgan fingerprint density at radius 1 is 0.897 bits per heavy atom. The van der Waals surface area contributed by atoms with E-state index >= 15 is 0 Å². The molecular weight excluding hydrogens is 385 g/mol. The Labute approximate surface area is 171 Å². The maximum atomic E-state index is 13.6. The van der Waals surface area contributed by atoms with Crippen LogP contribution in [0.1, 0.15) is 30.8 Å². The molecule has 29 heavy (non-hydrogen) atoms. The van der Waals surface area contributed by atoms with Crippen LogP contribution in [0.3, 0.4) is 0 Å². The lowest BCUT2D eigenvalue weighted by atomic mass is 10.1. The van der Waals surface area contributed by atoms with Crippen LogP contribution < -0.4 is 5.32 Å². The molecule has 0 fully saturated rings. The first kappa shape index (κ1) is 21.3. The van der Waals surface area contributed by atoms with Crippen molar-refractivity contribution in [1.82, 2.24) is 15.3 Å². The molecule has 1 N–H and O–H groups in total. The van der Waals surface area contributed by atoms with Crippen LogP contribution in [0.2, 0.25) is 0 Å². The number of hydrogen-bond acceptors (Lipinski definition) is 6. The second kappa shape index (κ2) is 10.4. The van der Waals surface area contributed by atoms with Crippen molar-refractivity contribution in [2.75, 3.05) is 13.2 Å². The summed E-state index contributed by atoms with van der Waals surface area (Å²) in [5.74, 6) is -0.589. The molecule has 0 spiro atoms. The van der Waals surface area contributed by atoms with Crippen molar-refractivity contribution < 1.29 is 13.6 Å². The topological polar surface area (TPSA) is 73.3 Å². The molecule has 0 amide bonds. The van der Waals surface area contributed by atoms with E-state index in [4.69, 9.17) is 9.05 Å². The highest BCUT2D eigenvalue weighted by atomic mass is 31.2. The summed E-state index contributed by atoms with van der Waals surface area (Å²) in [4.78, 5) is 8.20. The third kappa shape index (κ3) is 5.58. The third-order valence-electron chi connectivity index (χ3n) is 4.40. The summed E-state index contributed by atoms with van der Waals surface area (Å²) < 4.78 is 24.8. The van der Waals surface area contributed by atoms with Gasteiger partial charge in [0.05, 0.1) is 13.2 Å². The second-order valence-corrected chi connectivity index (χ2v) is 8.49. The van der Waals surface area contributed by atoms with Crippen LogP contribution in [0.25, 0.3) is 11.1 Å². The molecule has 152 valence electrons. The van der Waals surface area contributed by atoms with Crippen molar-refractivity contribution >= 4 is 7.60 Å². The van der Waals surface area contributed by atoms with Crippen LogP contribution in [0.4, 0.5) is 0 Å². The summed E-state index contributed by atoms with van der Waals surface area (Å²) in [7, 11) is -3.42. The zero-order chi connectivity index (χ0) is 20.5. The van der Waals surface area contributed by atoms with Crippen LogP contribution in [0.5, 0.6) is 0 Å². The van der Waals surface area contributed by atoms with Gasteiger partial charge in [-0.25, -0.2) is 0 Å².